The maximum atomic E-state index is 10.6. The molecule has 3 heterocycles. The summed E-state index contributed by atoms with van der Waals surface area (Å²) < 4.78 is 0. The minimum atomic E-state index is -0.420. The third kappa shape index (κ3) is 4.33. The minimum Gasteiger partial charge on any atom is -0.387 e. The number of hydrogen-bond acceptors (Lipinski definition) is 4. The van der Waals surface area contributed by atoms with E-state index >= 15 is 0 Å². The van der Waals surface area contributed by atoms with Crippen molar-refractivity contribution in [3.63, 3.8) is 0 Å². The van der Waals surface area contributed by atoms with Crippen molar-refractivity contribution in [3.8, 4) is 0 Å². The molecule has 0 spiro atoms. The molecule has 1 aromatic heterocycles. The number of benzene rings is 1. The topological polar surface area (TPSA) is 39.6 Å². The molecule has 0 radical (unpaired) electrons. The van der Waals surface area contributed by atoms with Crippen molar-refractivity contribution >= 4 is 5.69 Å². The van der Waals surface area contributed by atoms with Crippen molar-refractivity contribution in [1.82, 2.24) is 9.88 Å². The Labute approximate surface area is 162 Å². The van der Waals surface area contributed by atoms with E-state index in [2.05, 4.69) is 46.0 Å². The van der Waals surface area contributed by atoms with Crippen LogP contribution in [0.4, 0.5) is 5.69 Å². The molecule has 2 fully saturated rings. The Morgan fingerprint density at radius 1 is 0.926 bits per heavy atom. The van der Waals surface area contributed by atoms with Gasteiger partial charge in [0.25, 0.3) is 0 Å². The molecule has 1 unspecified atom stereocenters. The Bertz CT molecular complexity index is 702. The average molecular weight is 366 g/mol. The molecule has 144 valence electrons. The summed E-state index contributed by atoms with van der Waals surface area (Å²) in [5.41, 5.74) is 3.50. The average Bonchev–Trinajstić information content (AvgIpc) is 2.75. The monoisotopic (exact) mass is 365 g/mol. The Morgan fingerprint density at radius 2 is 1.63 bits per heavy atom. The Hall–Kier alpha value is -1.91. The lowest BCUT2D eigenvalue weighted by Gasteiger charge is -2.43. The van der Waals surface area contributed by atoms with Gasteiger partial charge in [0.2, 0.25) is 0 Å². The highest BCUT2D eigenvalue weighted by atomic mass is 16.3. The fourth-order valence-electron chi connectivity index (χ4n) is 4.64. The van der Waals surface area contributed by atoms with Crippen molar-refractivity contribution in [2.24, 2.45) is 5.92 Å². The molecule has 0 saturated carbocycles. The van der Waals surface area contributed by atoms with Crippen LogP contribution in [0.25, 0.3) is 0 Å². The first-order valence-electron chi connectivity index (χ1n) is 10.4. The molecule has 27 heavy (non-hydrogen) atoms. The van der Waals surface area contributed by atoms with Crippen LogP contribution in [0, 0.1) is 12.8 Å². The van der Waals surface area contributed by atoms with Crippen LogP contribution in [-0.2, 0) is 0 Å². The SMILES string of the molecule is Cc1ccc(N2CCC(N3CCC(C(O)c4ccccn4)CC3)CC2)cc1. The molecule has 2 saturated heterocycles. The van der Waals surface area contributed by atoms with Gasteiger partial charge in [-0.1, -0.05) is 23.8 Å². The summed E-state index contributed by atoms with van der Waals surface area (Å²) in [6.45, 7) is 6.63. The molecule has 1 N–H and O–H groups in total. The largest absolute Gasteiger partial charge is 0.387 e. The van der Waals surface area contributed by atoms with Crippen LogP contribution in [-0.4, -0.2) is 47.2 Å². The van der Waals surface area contributed by atoms with Gasteiger partial charge in [-0.15, -0.1) is 0 Å². The number of nitrogens with zero attached hydrogens (tertiary/aromatic N) is 3. The second-order valence-corrected chi connectivity index (χ2v) is 8.13. The molecule has 1 atom stereocenters. The van der Waals surface area contributed by atoms with Gasteiger partial charge in [0.05, 0.1) is 11.8 Å². The van der Waals surface area contributed by atoms with Crippen LogP contribution >= 0.6 is 0 Å². The number of piperidine rings is 2. The van der Waals surface area contributed by atoms with Crippen LogP contribution in [0.1, 0.15) is 43.0 Å². The highest BCUT2D eigenvalue weighted by molar-refractivity contribution is 5.47. The van der Waals surface area contributed by atoms with Gasteiger partial charge in [-0.25, -0.2) is 0 Å². The molecule has 2 aromatic rings. The van der Waals surface area contributed by atoms with Gasteiger partial charge < -0.3 is 14.9 Å². The third-order valence-electron chi connectivity index (χ3n) is 6.39. The summed E-state index contributed by atoms with van der Waals surface area (Å²) in [4.78, 5) is 9.52. The molecular formula is C23H31N3O. The zero-order valence-electron chi connectivity index (χ0n) is 16.3. The fraction of sp³-hybridized carbons (Fsp3) is 0.522. The lowest BCUT2D eigenvalue weighted by Crippen LogP contribution is -2.48. The molecule has 4 rings (SSSR count). The number of aromatic nitrogens is 1. The van der Waals surface area contributed by atoms with E-state index in [9.17, 15) is 5.11 Å². The molecule has 2 aliphatic rings. The van der Waals surface area contributed by atoms with E-state index < -0.39 is 6.10 Å². The molecular weight excluding hydrogens is 334 g/mol. The second kappa shape index (κ2) is 8.41. The normalized spacial score (nSPS) is 21.3. The first kappa shape index (κ1) is 18.5. The van der Waals surface area contributed by atoms with E-state index in [1.54, 1.807) is 6.20 Å². The summed E-state index contributed by atoms with van der Waals surface area (Å²) in [5.74, 6) is 0.337. The van der Waals surface area contributed by atoms with Crippen LogP contribution < -0.4 is 4.90 Å². The number of aliphatic hydroxyl groups is 1. The van der Waals surface area contributed by atoms with Crippen molar-refractivity contribution in [2.45, 2.75) is 44.8 Å². The number of pyridine rings is 1. The predicted octanol–water partition coefficient (Wildman–Crippen LogP) is 3.80. The highest BCUT2D eigenvalue weighted by Crippen LogP contribution is 2.32. The standard InChI is InChI=1S/C23H31N3O/c1-18-5-7-20(8-6-18)26-16-11-21(12-17-26)25-14-9-19(10-15-25)23(27)22-4-2-3-13-24-22/h2-8,13,19,21,23,27H,9-12,14-17H2,1H3. The van der Waals surface area contributed by atoms with Gasteiger partial charge in [-0.05, 0) is 75.9 Å². The van der Waals surface area contributed by atoms with E-state index in [1.165, 1.54) is 24.1 Å². The number of anilines is 1. The number of hydrogen-bond donors (Lipinski definition) is 1. The number of aliphatic hydroxyl groups excluding tert-OH is 1. The molecule has 4 nitrogen and oxygen atoms in total. The number of likely N-dealkylation sites (tertiary alicyclic amines) is 1. The molecule has 0 bridgehead atoms. The van der Waals surface area contributed by atoms with Crippen molar-refractivity contribution in [2.75, 3.05) is 31.1 Å². The van der Waals surface area contributed by atoms with Gasteiger partial charge in [-0.2, -0.15) is 0 Å². The second-order valence-electron chi connectivity index (χ2n) is 8.13. The third-order valence-corrected chi connectivity index (χ3v) is 6.39. The maximum Gasteiger partial charge on any atom is 0.0988 e. The summed E-state index contributed by atoms with van der Waals surface area (Å²) in [6, 6.07) is 15.4. The van der Waals surface area contributed by atoms with Crippen molar-refractivity contribution in [1.29, 1.82) is 0 Å². The lowest BCUT2D eigenvalue weighted by molar-refractivity contribution is 0.0382. The highest BCUT2D eigenvalue weighted by Gasteiger charge is 2.31. The van der Waals surface area contributed by atoms with E-state index in [0.29, 0.717) is 12.0 Å². The Kier molecular flexibility index (Phi) is 5.74. The van der Waals surface area contributed by atoms with Crippen LogP contribution in [0.5, 0.6) is 0 Å². The van der Waals surface area contributed by atoms with Crippen LogP contribution in [0.15, 0.2) is 48.7 Å². The minimum absolute atomic E-state index is 0.337. The molecule has 2 aliphatic heterocycles. The smallest absolute Gasteiger partial charge is 0.0988 e. The van der Waals surface area contributed by atoms with Gasteiger partial charge in [0.15, 0.2) is 0 Å². The molecule has 0 amide bonds. The summed E-state index contributed by atoms with van der Waals surface area (Å²) in [7, 11) is 0. The van der Waals surface area contributed by atoms with Crippen LogP contribution in [0.2, 0.25) is 0 Å². The summed E-state index contributed by atoms with van der Waals surface area (Å²) in [5, 5.41) is 10.6. The molecule has 4 heteroatoms. The van der Waals surface area contributed by atoms with E-state index in [4.69, 9.17) is 0 Å². The molecule has 0 aliphatic carbocycles. The first-order valence-corrected chi connectivity index (χ1v) is 10.4. The quantitative estimate of drug-likeness (QED) is 0.894. The first-order chi connectivity index (χ1) is 13.2. The molecule has 1 aromatic carbocycles. The van der Waals surface area contributed by atoms with Crippen molar-refractivity contribution in [3.05, 3.63) is 59.9 Å². The number of aryl methyl sites for hydroxylation is 1. The van der Waals surface area contributed by atoms with Gasteiger partial charge in [0.1, 0.15) is 0 Å². The maximum absolute atomic E-state index is 10.6. The lowest BCUT2D eigenvalue weighted by atomic mass is 9.88. The number of rotatable bonds is 4. The zero-order chi connectivity index (χ0) is 18.6. The Balaban J connectivity index is 1.26. The van der Waals surface area contributed by atoms with Crippen LogP contribution in [0.3, 0.4) is 0 Å². The van der Waals surface area contributed by atoms with E-state index in [-0.39, 0.29) is 0 Å². The summed E-state index contributed by atoms with van der Waals surface area (Å²) >= 11 is 0. The summed E-state index contributed by atoms with van der Waals surface area (Å²) in [6.07, 6.45) is 5.96. The van der Waals surface area contributed by atoms with E-state index in [1.807, 2.05) is 18.2 Å². The zero-order valence-corrected chi connectivity index (χ0v) is 16.3. The van der Waals surface area contributed by atoms with Gasteiger partial charge in [-0.3, -0.25) is 4.98 Å². The predicted molar refractivity (Wildman–Crippen MR) is 110 cm³/mol. The van der Waals surface area contributed by atoms with Crippen molar-refractivity contribution < 1.29 is 5.11 Å². The Morgan fingerprint density at radius 3 is 2.26 bits per heavy atom. The van der Waals surface area contributed by atoms with Gasteiger partial charge in [0, 0.05) is 31.0 Å². The van der Waals surface area contributed by atoms with E-state index in [0.717, 1.165) is 44.7 Å². The van der Waals surface area contributed by atoms with Gasteiger partial charge >= 0.3 is 0 Å². The fourth-order valence-corrected chi connectivity index (χ4v) is 4.64.